The number of aromatic carboxylic acids is 1. The first-order chi connectivity index (χ1) is 6.19. The molecule has 0 saturated carbocycles. The topological polar surface area (TPSA) is 40.5 Å². The molecule has 0 unspecified atom stereocenters. The van der Waals surface area contributed by atoms with Crippen LogP contribution in [0, 0.1) is 0 Å². The van der Waals surface area contributed by atoms with Gasteiger partial charge in [-0.15, -0.1) is 11.3 Å². The SMILES string of the molecule is CCN(CC)c1ccc(C(=O)O)s1. The summed E-state index contributed by atoms with van der Waals surface area (Å²) in [5.41, 5.74) is 0. The summed E-state index contributed by atoms with van der Waals surface area (Å²) in [4.78, 5) is 13.1. The molecule has 0 bridgehead atoms. The fraction of sp³-hybridized carbons (Fsp3) is 0.444. The molecule has 0 radical (unpaired) electrons. The number of carboxylic acids is 1. The van der Waals surface area contributed by atoms with Gasteiger partial charge in [-0.05, 0) is 26.0 Å². The van der Waals surface area contributed by atoms with Crippen molar-refractivity contribution in [3.8, 4) is 0 Å². The van der Waals surface area contributed by atoms with Crippen molar-refractivity contribution in [2.75, 3.05) is 18.0 Å². The molecule has 13 heavy (non-hydrogen) atoms. The van der Waals surface area contributed by atoms with Crippen molar-refractivity contribution in [3.63, 3.8) is 0 Å². The lowest BCUT2D eigenvalue weighted by Gasteiger charge is -2.17. The van der Waals surface area contributed by atoms with Gasteiger partial charge in [-0.3, -0.25) is 0 Å². The van der Waals surface area contributed by atoms with Crippen LogP contribution in [-0.2, 0) is 0 Å². The quantitative estimate of drug-likeness (QED) is 0.808. The summed E-state index contributed by atoms with van der Waals surface area (Å²) in [7, 11) is 0. The number of thiophene rings is 1. The van der Waals surface area contributed by atoms with Gasteiger partial charge < -0.3 is 10.0 Å². The summed E-state index contributed by atoms with van der Waals surface area (Å²) in [6.07, 6.45) is 0. The first-order valence-electron chi connectivity index (χ1n) is 4.27. The molecule has 0 fully saturated rings. The molecular formula is C9H13NO2S. The van der Waals surface area contributed by atoms with E-state index < -0.39 is 5.97 Å². The van der Waals surface area contributed by atoms with Gasteiger partial charge in [0.1, 0.15) is 4.88 Å². The highest BCUT2D eigenvalue weighted by Crippen LogP contribution is 2.25. The summed E-state index contributed by atoms with van der Waals surface area (Å²) in [5.74, 6) is -0.844. The maximum Gasteiger partial charge on any atom is 0.345 e. The molecule has 0 aromatic carbocycles. The second-order valence-electron chi connectivity index (χ2n) is 2.62. The van der Waals surface area contributed by atoms with Crippen molar-refractivity contribution in [1.29, 1.82) is 0 Å². The molecule has 72 valence electrons. The molecule has 1 aromatic heterocycles. The Labute approximate surface area is 81.6 Å². The molecule has 0 spiro atoms. The zero-order valence-corrected chi connectivity index (χ0v) is 8.60. The maximum atomic E-state index is 10.6. The molecule has 0 saturated heterocycles. The third kappa shape index (κ3) is 2.21. The van der Waals surface area contributed by atoms with Gasteiger partial charge in [0.2, 0.25) is 0 Å². The Hall–Kier alpha value is -1.03. The molecule has 0 amide bonds. The molecule has 1 aromatic rings. The molecule has 0 aliphatic rings. The maximum absolute atomic E-state index is 10.6. The lowest BCUT2D eigenvalue weighted by atomic mass is 10.4. The van der Waals surface area contributed by atoms with E-state index >= 15 is 0 Å². The third-order valence-electron chi connectivity index (χ3n) is 1.88. The van der Waals surface area contributed by atoms with Gasteiger partial charge in [0.05, 0.1) is 5.00 Å². The van der Waals surface area contributed by atoms with Crippen molar-refractivity contribution in [2.24, 2.45) is 0 Å². The van der Waals surface area contributed by atoms with Crippen molar-refractivity contribution in [2.45, 2.75) is 13.8 Å². The zero-order chi connectivity index (χ0) is 9.84. The fourth-order valence-corrected chi connectivity index (χ4v) is 2.12. The van der Waals surface area contributed by atoms with Crippen LogP contribution in [-0.4, -0.2) is 24.2 Å². The van der Waals surface area contributed by atoms with E-state index in [0.29, 0.717) is 4.88 Å². The van der Waals surface area contributed by atoms with Crippen LogP contribution in [0.5, 0.6) is 0 Å². The van der Waals surface area contributed by atoms with E-state index in [1.165, 1.54) is 11.3 Å². The van der Waals surface area contributed by atoms with Crippen molar-refractivity contribution in [1.82, 2.24) is 0 Å². The van der Waals surface area contributed by atoms with Crippen LogP contribution in [0.25, 0.3) is 0 Å². The van der Waals surface area contributed by atoms with Crippen molar-refractivity contribution >= 4 is 22.3 Å². The Morgan fingerprint density at radius 1 is 1.46 bits per heavy atom. The molecule has 4 heteroatoms. The van der Waals surface area contributed by atoms with E-state index in [9.17, 15) is 4.79 Å². The first-order valence-corrected chi connectivity index (χ1v) is 5.08. The predicted octanol–water partition coefficient (Wildman–Crippen LogP) is 2.29. The van der Waals surface area contributed by atoms with E-state index in [1.54, 1.807) is 6.07 Å². The van der Waals surface area contributed by atoms with Crippen molar-refractivity contribution in [3.05, 3.63) is 17.0 Å². The second-order valence-corrected chi connectivity index (χ2v) is 3.68. The highest BCUT2D eigenvalue weighted by Gasteiger charge is 2.09. The largest absolute Gasteiger partial charge is 0.477 e. The number of hydrogen-bond acceptors (Lipinski definition) is 3. The van der Waals surface area contributed by atoms with Crippen LogP contribution in [0.3, 0.4) is 0 Å². The average molecular weight is 199 g/mol. The Bertz CT molecular complexity index is 292. The molecule has 0 atom stereocenters. The van der Waals surface area contributed by atoms with E-state index in [0.717, 1.165) is 18.1 Å². The molecule has 0 aliphatic heterocycles. The van der Waals surface area contributed by atoms with Crippen LogP contribution < -0.4 is 4.90 Å². The smallest absolute Gasteiger partial charge is 0.345 e. The van der Waals surface area contributed by atoms with E-state index in [1.807, 2.05) is 6.07 Å². The van der Waals surface area contributed by atoms with Crippen LogP contribution in [0.4, 0.5) is 5.00 Å². The van der Waals surface area contributed by atoms with Crippen LogP contribution in [0.1, 0.15) is 23.5 Å². The normalized spacial score (nSPS) is 10.0. The summed E-state index contributed by atoms with van der Waals surface area (Å²) >= 11 is 1.32. The van der Waals surface area contributed by atoms with Crippen LogP contribution in [0.15, 0.2) is 12.1 Å². The molecule has 0 aliphatic carbocycles. The fourth-order valence-electron chi connectivity index (χ4n) is 1.15. The zero-order valence-electron chi connectivity index (χ0n) is 7.78. The number of carbonyl (C=O) groups is 1. The Kier molecular flexibility index (Phi) is 3.31. The van der Waals surface area contributed by atoms with Gasteiger partial charge in [-0.1, -0.05) is 0 Å². The number of hydrogen-bond donors (Lipinski definition) is 1. The monoisotopic (exact) mass is 199 g/mol. The van der Waals surface area contributed by atoms with Crippen molar-refractivity contribution < 1.29 is 9.90 Å². The standard InChI is InChI=1S/C9H13NO2S/c1-3-10(4-2)8-6-5-7(13-8)9(11)12/h5-6H,3-4H2,1-2H3,(H,11,12). The first kappa shape index (κ1) is 10.1. The average Bonchev–Trinajstić information content (AvgIpc) is 2.56. The lowest BCUT2D eigenvalue weighted by molar-refractivity contribution is 0.0702. The molecule has 1 heterocycles. The van der Waals surface area contributed by atoms with Gasteiger partial charge >= 0.3 is 5.97 Å². The minimum Gasteiger partial charge on any atom is -0.477 e. The number of rotatable bonds is 4. The number of anilines is 1. The number of nitrogens with zero attached hydrogens (tertiary/aromatic N) is 1. The van der Waals surface area contributed by atoms with Gasteiger partial charge in [-0.25, -0.2) is 4.79 Å². The molecular weight excluding hydrogens is 186 g/mol. The Morgan fingerprint density at radius 2 is 2.08 bits per heavy atom. The molecule has 1 rings (SSSR count). The summed E-state index contributed by atoms with van der Waals surface area (Å²) in [6.45, 7) is 5.94. The lowest BCUT2D eigenvalue weighted by Crippen LogP contribution is -2.20. The Balaban J connectivity index is 2.84. The van der Waals surface area contributed by atoms with Crippen LogP contribution in [0.2, 0.25) is 0 Å². The highest BCUT2D eigenvalue weighted by molar-refractivity contribution is 7.17. The van der Waals surface area contributed by atoms with E-state index in [-0.39, 0.29) is 0 Å². The minimum absolute atomic E-state index is 0.405. The van der Waals surface area contributed by atoms with Gasteiger partial charge in [0.15, 0.2) is 0 Å². The van der Waals surface area contributed by atoms with E-state index in [4.69, 9.17) is 5.11 Å². The minimum atomic E-state index is -0.844. The highest BCUT2D eigenvalue weighted by atomic mass is 32.1. The van der Waals surface area contributed by atoms with E-state index in [2.05, 4.69) is 18.7 Å². The van der Waals surface area contributed by atoms with Crippen LogP contribution >= 0.6 is 11.3 Å². The summed E-state index contributed by atoms with van der Waals surface area (Å²) in [6, 6.07) is 3.52. The second kappa shape index (κ2) is 4.28. The van der Waals surface area contributed by atoms with Gasteiger partial charge in [0.25, 0.3) is 0 Å². The van der Waals surface area contributed by atoms with Gasteiger partial charge in [-0.2, -0.15) is 0 Å². The predicted molar refractivity (Wildman–Crippen MR) is 54.8 cm³/mol. The molecule has 1 N–H and O–H groups in total. The summed E-state index contributed by atoms with van der Waals surface area (Å²) < 4.78 is 0. The third-order valence-corrected chi connectivity index (χ3v) is 3.01. The summed E-state index contributed by atoms with van der Waals surface area (Å²) in [5, 5.41) is 9.75. The Morgan fingerprint density at radius 3 is 2.46 bits per heavy atom. The molecule has 3 nitrogen and oxygen atoms in total. The van der Waals surface area contributed by atoms with Gasteiger partial charge in [0, 0.05) is 13.1 Å². The number of carboxylic acid groups (broad SMARTS) is 1.